The number of aromatic nitrogens is 2. The minimum absolute atomic E-state index is 0.168. The van der Waals surface area contributed by atoms with Gasteiger partial charge >= 0.3 is 0 Å². The molecule has 9 nitrogen and oxygen atoms in total. The van der Waals surface area contributed by atoms with Crippen molar-refractivity contribution < 1.29 is 18.8 Å². The molecule has 2 amide bonds. The SMILES string of the molecule is COCCc1noc(CN2C[C@@H]3C[C@H](C2)[C@H](C(=O)N2CCCC2)N2C(=O)CCC[C@@H]32)n1. The third-order valence-electron chi connectivity index (χ3n) is 7.49. The highest BCUT2D eigenvalue weighted by atomic mass is 16.5. The molecule has 4 fully saturated rings. The fourth-order valence-electron chi connectivity index (χ4n) is 6.17. The Morgan fingerprint density at radius 1 is 1.19 bits per heavy atom. The Bertz CT molecular complexity index is 808. The highest BCUT2D eigenvalue weighted by Gasteiger charge is 2.52. The number of rotatable bonds is 6. The lowest BCUT2D eigenvalue weighted by Gasteiger charge is -2.56. The molecule has 1 aromatic heterocycles. The van der Waals surface area contributed by atoms with Crippen molar-refractivity contribution in [2.24, 2.45) is 11.8 Å². The zero-order valence-electron chi connectivity index (χ0n) is 18.4. The topological polar surface area (TPSA) is 92.0 Å². The van der Waals surface area contributed by atoms with Gasteiger partial charge in [-0.15, -0.1) is 0 Å². The molecular weight excluding hydrogens is 398 g/mol. The minimum Gasteiger partial charge on any atom is -0.384 e. The predicted molar refractivity (Wildman–Crippen MR) is 111 cm³/mol. The zero-order valence-corrected chi connectivity index (χ0v) is 18.4. The summed E-state index contributed by atoms with van der Waals surface area (Å²) in [5.74, 6) is 2.20. The van der Waals surface area contributed by atoms with Crippen LogP contribution < -0.4 is 0 Å². The van der Waals surface area contributed by atoms with Gasteiger partial charge in [0.05, 0.1) is 13.2 Å². The molecule has 170 valence electrons. The number of nitrogens with zero attached hydrogens (tertiary/aromatic N) is 5. The number of likely N-dealkylation sites (tertiary alicyclic amines) is 2. The molecule has 2 bridgehead atoms. The van der Waals surface area contributed by atoms with Crippen molar-refractivity contribution in [3.8, 4) is 0 Å². The molecule has 0 aliphatic carbocycles. The average molecular weight is 432 g/mol. The van der Waals surface area contributed by atoms with Gasteiger partial charge in [0.15, 0.2) is 5.82 Å². The molecule has 1 aromatic rings. The van der Waals surface area contributed by atoms with Crippen LogP contribution in [-0.4, -0.2) is 88.6 Å². The third kappa shape index (κ3) is 4.09. The van der Waals surface area contributed by atoms with E-state index in [-0.39, 0.29) is 29.8 Å². The van der Waals surface area contributed by atoms with Crippen LogP contribution in [0.2, 0.25) is 0 Å². The predicted octanol–water partition coefficient (Wildman–Crippen LogP) is 1.08. The number of piperidine rings is 3. The van der Waals surface area contributed by atoms with Crippen LogP contribution in [0.15, 0.2) is 4.52 Å². The van der Waals surface area contributed by atoms with Crippen molar-refractivity contribution >= 4 is 11.8 Å². The Morgan fingerprint density at radius 3 is 2.81 bits per heavy atom. The summed E-state index contributed by atoms with van der Waals surface area (Å²) >= 11 is 0. The number of carbonyl (C=O) groups excluding carboxylic acids is 2. The minimum atomic E-state index is -0.310. The van der Waals surface area contributed by atoms with Gasteiger partial charge in [-0.2, -0.15) is 4.98 Å². The van der Waals surface area contributed by atoms with E-state index in [1.807, 2.05) is 9.80 Å². The monoisotopic (exact) mass is 431 g/mol. The maximum atomic E-state index is 13.5. The van der Waals surface area contributed by atoms with E-state index in [4.69, 9.17) is 9.26 Å². The normalized spacial score (nSPS) is 31.2. The first-order valence-electron chi connectivity index (χ1n) is 11.8. The fourth-order valence-corrected chi connectivity index (χ4v) is 6.17. The lowest BCUT2D eigenvalue weighted by Crippen LogP contribution is -2.68. The first-order valence-corrected chi connectivity index (χ1v) is 11.8. The van der Waals surface area contributed by atoms with Crippen LogP contribution in [0, 0.1) is 11.8 Å². The molecule has 31 heavy (non-hydrogen) atoms. The number of carbonyl (C=O) groups is 2. The largest absolute Gasteiger partial charge is 0.384 e. The Kier molecular flexibility index (Phi) is 5.97. The molecule has 0 saturated carbocycles. The Morgan fingerprint density at radius 2 is 2.00 bits per heavy atom. The first kappa shape index (κ1) is 20.9. The Labute approximate surface area is 183 Å². The van der Waals surface area contributed by atoms with Crippen molar-refractivity contribution in [2.45, 2.75) is 63.6 Å². The van der Waals surface area contributed by atoms with Crippen LogP contribution >= 0.6 is 0 Å². The van der Waals surface area contributed by atoms with Gasteiger partial charge in [-0.1, -0.05) is 5.16 Å². The second-order valence-electron chi connectivity index (χ2n) is 9.53. The van der Waals surface area contributed by atoms with E-state index in [1.54, 1.807) is 7.11 Å². The first-order chi connectivity index (χ1) is 15.1. The van der Waals surface area contributed by atoms with E-state index >= 15 is 0 Å². The molecule has 9 heteroatoms. The second-order valence-corrected chi connectivity index (χ2v) is 9.53. The zero-order chi connectivity index (χ0) is 21.4. The number of ether oxygens (including phenoxy) is 1. The molecule has 0 spiro atoms. The van der Waals surface area contributed by atoms with Gasteiger partial charge in [0.1, 0.15) is 6.04 Å². The maximum Gasteiger partial charge on any atom is 0.245 e. The van der Waals surface area contributed by atoms with E-state index in [9.17, 15) is 9.59 Å². The number of methoxy groups -OCH3 is 1. The van der Waals surface area contributed by atoms with E-state index in [0.29, 0.717) is 43.6 Å². The smallest absolute Gasteiger partial charge is 0.245 e. The van der Waals surface area contributed by atoms with Gasteiger partial charge in [0, 0.05) is 58.1 Å². The average Bonchev–Trinajstić information content (AvgIpc) is 3.45. The van der Waals surface area contributed by atoms with Crippen LogP contribution in [0.5, 0.6) is 0 Å². The van der Waals surface area contributed by atoms with Crippen LogP contribution in [0.1, 0.15) is 50.2 Å². The summed E-state index contributed by atoms with van der Waals surface area (Å²) in [5, 5.41) is 4.06. The van der Waals surface area contributed by atoms with Crippen LogP contribution in [-0.2, 0) is 27.3 Å². The van der Waals surface area contributed by atoms with Crippen LogP contribution in [0.4, 0.5) is 0 Å². The summed E-state index contributed by atoms with van der Waals surface area (Å²) in [5.41, 5.74) is 0. The van der Waals surface area contributed by atoms with E-state index < -0.39 is 0 Å². The fraction of sp³-hybridized carbons (Fsp3) is 0.818. The summed E-state index contributed by atoms with van der Waals surface area (Å²) in [6.45, 7) is 4.51. The molecule has 0 radical (unpaired) electrons. The van der Waals surface area contributed by atoms with Crippen molar-refractivity contribution in [1.29, 1.82) is 0 Å². The van der Waals surface area contributed by atoms with Gasteiger partial charge in [0.25, 0.3) is 0 Å². The van der Waals surface area contributed by atoms with E-state index in [0.717, 1.165) is 58.3 Å². The van der Waals surface area contributed by atoms with Crippen molar-refractivity contribution in [1.82, 2.24) is 24.8 Å². The lowest BCUT2D eigenvalue weighted by atomic mass is 9.71. The highest BCUT2D eigenvalue weighted by molar-refractivity contribution is 5.89. The Balaban J connectivity index is 1.34. The molecule has 4 aliphatic heterocycles. The quantitative estimate of drug-likeness (QED) is 0.666. The molecule has 4 aliphatic rings. The molecule has 5 heterocycles. The van der Waals surface area contributed by atoms with Crippen LogP contribution in [0.3, 0.4) is 0 Å². The number of hydrogen-bond acceptors (Lipinski definition) is 7. The molecular formula is C22H33N5O4. The van der Waals surface area contributed by atoms with E-state index in [1.165, 1.54) is 0 Å². The molecule has 0 N–H and O–H groups in total. The van der Waals surface area contributed by atoms with Crippen LogP contribution in [0.25, 0.3) is 0 Å². The van der Waals surface area contributed by atoms with Gasteiger partial charge < -0.3 is 19.1 Å². The summed E-state index contributed by atoms with van der Waals surface area (Å²) in [6, 6.07) is -0.133. The molecule has 4 atom stereocenters. The van der Waals surface area contributed by atoms with Gasteiger partial charge in [-0.3, -0.25) is 14.5 Å². The van der Waals surface area contributed by atoms with Crippen molar-refractivity contribution in [2.75, 3.05) is 39.9 Å². The summed E-state index contributed by atoms with van der Waals surface area (Å²) in [4.78, 5) is 37.3. The summed E-state index contributed by atoms with van der Waals surface area (Å²) in [6.07, 6.45) is 6.31. The summed E-state index contributed by atoms with van der Waals surface area (Å²) < 4.78 is 10.6. The Hall–Kier alpha value is -2.00. The van der Waals surface area contributed by atoms with E-state index in [2.05, 4.69) is 15.0 Å². The van der Waals surface area contributed by atoms with Gasteiger partial charge in [-0.25, -0.2) is 0 Å². The second kappa shape index (κ2) is 8.86. The number of amides is 2. The van der Waals surface area contributed by atoms with Gasteiger partial charge in [-0.05, 0) is 38.0 Å². The molecule has 4 saturated heterocycles. The highest BCUT2D eigenvalue weighted by Crippen LogP contribution is 2.42. The van der Waals surface area contributed by atoms with Crippen molar-refractivity contribution in [3.63, 3.8) is 0 Å². The standard InChI is InChI=1S/C22H33N5O4/c1-30-10-7-18-23-19(31-24-18)14-25-12-15-11-16(13-25)21(22(29)26-8-2-3-9-26)27-17(15)5-4-6-20(27)28/h15-17,21H,2-14H2,1H3/t15-,16+,17-,21+/m0/s1. The number of fused-ring (bicyclic) bond motifs is 4. The number of hydrogen-bond donors (Lipinski definition) is 0. The maximum absolute atomic E-state index is 13.5. The third-order valence-corrected chi connectivity index (χ3v) is 7.49. The lowest BCUT2D eigenvalue weighted by molar-refractivity contribution is -0.165. The van der Waals surface area contributed by atoms with Crippen molar-refractivity contribution in [3.05, 3.63) is 11.7 Å². The molecule has 0 unspecified atom stereocenters. The van der Waals surface area contributed by atoms with Gasteiger partial charge in [0.2, 0.25) is 17.7 Å². The molecule has 0 aromatic carbocycles. The summed E-state index contributed by atoms with van der Waals surface area (Å²) in [7, 11) is 1.66. The molecule has 5 rings (SSSR count).